The minimum atomic E-state index is -0.405. The van der Waals surface area contributed by atoms with Crippen molar-refractivity contribution < 1.29 is 8.78 Å². The van der Waals surface area contributed by atoms with Crippen LogP contribution in [0.25, 0.3) is 16.7 Å². The predicted molar refractivity (Wildman–Crippen MR) is 83.0 cm³/mol. The molecule has 0 fully saturated rings. The van der Waals surface area contributed by atoms with Crippen LogP contribution in [0.1, 0.15) is 11.4 Å². The molecule has 3 rings (SSSR count). The van der Waals surface area contributed by atoms with Crippen molar-refractivity contribution in [3.8, 4) is 5.69 Å². The first-order valence-corrected chi connectivity index (χ1v) is 7.53. The molecule has 0 radical (unpaired) electrons. The molecule has 0 unspecified atom stereocenters. The molecule has 0 aliphatic rings. The van der Waals surface area contributed by atoms with Crippen LogP contribution < -0.4 is 0 Å². The Labute approximate surface area is 133 Å². The number of aromatic nitrogens is 2. The zero-order valence-electron chi connectivity index (χ0n) is 11.0. The number of hydrogen-bond acceptors (Lipinski definition) is 1. The van der Waals surface area contributed by atoms with Gasteiger partial charge in [0.05, 0.1) is 27.1 Å². The van der Waals surface area contributed by atoms with Gasteiger partial charge in [0.15, 0.2) is 0 Å². The van der Waals surface area contributed by atoms with Crippen molar-refractivity contribution >= 4 is 38.6 Å². The van der Waals surface area contributed by atoms with E-state index in [0.717, 1.165) is 0 Å². The van der Waals surface area contributed by atoms with E-state index in [4.69, 9.17) is 11.6 Å². The highest BCUT2D eigenvalue weighted by molar-refractivity contribution is 9.10. The van der Waals surface area contributed by atoms with Gasteiger partial charge in [0, 0.05) is 6.07 Å². The Bertz CT molecular complexity index is 845. The minimum absolute atomic E-state index is 0.142. The maximum atomic E-state index is 13.8. The van der Waals surface area contributed by atoms with E-state index in [9.17, 15) is 8.78 Å². The summed E-state index contributed by atoms with van der Waals surface area (Å²) in [5.74, 6) is -0.0547. The van der Waals surface area contributed by atoms with E-state index < -0.39 is 5.82 Å². The molecule has 2 aromatic carbocycles. The first-order chi connectivity index (χ1) is 10.0. The van der Waals surface area contributed by atoms with Gasteiger partial charge in [-0.1, -0.05) is 6.07 Å². The summed E-state index contributed by atoms with van der Waals surface area (Å²) in [6.45, 7) is 1.68. The molecule has 0 atom stereocenters. The molecule has 0 N–H and O–H groups in total. The molecule has 3 aromatic rings. The van der Waals surface area contributed by atoms with Crippen LogP contribution >= 0.6 is 27.5 Å². The highest BCUT2D eigenvalue weighted by Crippen LogP contribution is 2.28. The second-order valence-electron chi connectivity index (χ2n) is 4.69. The lowest BCUT2D eigenvalue weighted by Gasteiger charge is -2.09. The third-order valence-corrected chi connectivity index (χ3v) is 4.15. The van der Waals surface area contributed by atoms with Gasteiger partial charge in [-0.15, -0.1) is 11.6 Å². The maximum Gasteiger partial charge on any atom is 0.139 e. The molecule has 0 amide bonds. The first-order valence-electron chi connectivity index (χ1n) is 6.20. The second kappa shape index (κ2) is 5.39. The van der Waals surface area contributed by atoms with Gasteiger partial charge in [0.2, 0.25) is 0 Å². The number of rotatable bonds is 2. The molecule has 0 bridgehead atoms. The maximum absolute atomic E-state index is 13.8. The summed E-state index contributed by atoms with van der Waals surface area (Å²) in [7, 11) is 0. The average Bonchev–Trinajstić information content (AvgIpc) is 2.80. The van der Waals surface area contributed by atoms with Crippen LogP contribution in [0.4, 0.5) is 8.78 Å². The molecule has 6 heteroatoms. The van der Waals surface area contributed by atoms with E-state index in [0.29, 0.717) is 32.6 Å². The van der Waals surface area contributed by atoms with Gasteiger partial charge in [0.25, 0.3) is 0 Å². The van der Waals surface area contributed by atoms with Crippen LogP contribution in [0.15, 0.2) is 34.8 Å². The van der Waals surface area contributed by atoms with E-state index >= 15 is 0 Å². The molecule has 1 aromatic heterocycles. The average molecular weight is 372 g/mol. The third-order valence-electron chi connectivity index (χ3n) is 3.30. The number of imidazole rings is 1. The van der Waals surface area contributed by atoms with Crippen molar-refractivity contribution in [1.29, 1.82) is 0 Å². The van der Waals surface area contributed by atoms with Crippen molar-refractivity contribution in [3.05, 3.63) is 57.8 Å². The van der Waals surface area contributed by atoms with Crippen molar-refractivity contribution in [2.24, 2.45) is 0 Å². The lowest BCUT2D eigenvalue weighted by atomic mass is 10.2. The molecule has 0 saturated heterocycles. The Hall–Kier alpha value is -1.46. The van der Waals surface area contributed by atoms with Crippen molar-refractivity contribution in [3.63, 3.8) is 0 Å². The summed E-state index contributed by atoms with van der Waals surface area (Å²) in [6.07, 6.45) is 0. The van der Waals surface area contributed by atoms with Crippen molar-refractivity contribution in [2.75, 3.05) is 0 Å². The number of hydrogen-bond donors (Lipinski definition) is 0. The Morgan fingerprint density at radius 2 is 1.95 bits per heavy atom. The number of nitrogens with zero attached hydrogens (tertiary/aromatic N) is 2. The number of benzene rings is 2. The fourth-order valence-electron chi connectivity index (χ4n) is 2.22. The van der Waals surface area contributed by atoms with E-state index in [2.05, 4.69) is 20.9 Å². The summed E-state index contributed by atoms with van der Waals surface area (Å²) in [5.41, 5.74) is 2.26. The summed E-state index contributed by atoms with van der Waals surface area (Å²) >= 11 is 9.05. The molecule has 0 spiro atoms. The lowest BCUT2D eigenvalue weighted by Crippen LogP contribution is -2.00. The van der Waals surface area contributed by atoms with Crippen LogP contribution in [-0.2, 0) is 5.88 Å². The normalized spacial score (nSPS) is 11.3. The van der Waals surface area contributed by atoms with Gasteiger partial charge in [-0.05, 0) is 46.6 Å². The molecule has 0 saturated carbocycles. The van der Waals surface area contributed by atoms with Crippen LogP contribution in [-0.4, -0.2) is 9.55 Å². The first kappa shape index (κ1) is 14.5. The molecule has 108 valence electrons. The van der Waals surface area contributed by atoms with Gasteiger partial charge in [-0.25, -0.2) is 13.8 Å². The molecule has 0 aliphatic heterocycles. The zero-order valence-corrected chi connectivity index (χ0v) is 13.3. The quantitative estimate of drug-likeness (QED) is 0.572. The van der Waals surface area contributed by atoms with E-state index in [-0.39, 0.29) is 11.7 Å². The summed E-state index contributed by atoms with van der Waals surface area (Å²) < 4.78 is 29.6. The highest BCUT2D eigenvalue weighted by Gasteiger charge is 2.15. The topological polar surface area (TPSA) is 17.8 Å². The lowest BCUT2D eigenvalue weighted by molar-refractivity contribution is 0.617. The van der Waals surface area contributed by atoms with E-state index in [1.807, 2.05) is 0 Å². The standard InChI is InChI=1S/C15H10BrClF2N2/c1-8-2-3-9(4-11(8)18)21-14-6-12(19)10(16)5-13(14)20-15(21)7-17/h2-6H,7H2,1H3. The van der Waals surface area contributed by atoms with Crippen LogP contribution in [0.3, 0.4) is 0 Å². The predicted octanol–water partition coefficient (Wildman–Crippen LogP) is 5.11. The monoisotopic (exact) mass is 370 g/mol. The van der Waals surface area contributed by atoms with Gasteiger partial charge in [-0.2, -0.15) is 0 Å². The number of halogens is 4. The molecule has 1 heterocycles. The van der Waals surface area contributed by atoms with Crippen molar-refractivity contribution in [1.82, 2.24) is 9.55 Å². The highest BCUT2D eigenvalue weighted by atomic mass is 79.9. The Kier molecular flexibility index (Phi) is 3.71. The van der Waals surface area contributed by atoms with Crippen LogP contribution in [0.2, 0.25) is 0 Å². The largest absolute Gasteiger partial charge is 0.295 e. The molecule has 21 heavy (non-hydrogen) atoms. The number of alkyl halides is 1. The Morgan fingerprint density at radius 3 is 2.62 bits per heavy atom. The molecule has 2 nitrogen and oxygen atoms in total. The van der Waals surface area contributed by atoms with Gasteiger partial charge < -0.3 is 0 Å². The summed E-state index contributed by atoms with van der Waals surface area (Å²) in [4.78, 5) is 4.37. The zero-order chi connectivity index (χ0) is 15.1. The summed E-state index contributed by atoms with van der Waals surface area (Å²) in [5, 5.41) is 0. The van der Waals surface area contributed by atoms with Gasteiger partial charge >= 0.3 is 0 Å². The SMILES string of the molecule is Cc1ccc(-n2c(CCl)nc3cc(Br)c(F)cc32)cc1F. The molecule has 0 aliphatic carbocycles. The fourth-order valence-corrected chi connectivity index (χ4v) is 2.73. The van der Waals surface area contributed by atoms with Gasteiger partial charge in [-0.3, -0.25) is 4.57 Å². The number of aryl methyl sites for hydroxylation is 1. The van der Waals surface area contributed by atoms with Crippen LogP contribution in [0.5, 0.6) is 0 Å². The molecular weight excluding hydrogens is 362 g/mol. The summed E-state index contributed by atoms with van der Waals surface area (Å²) in [6, 6.07) is 7.77. The number of fused-ring (bicyclic) bond motifs is 1. The third kappa shape index (κ3) is 2.45. The molecular formula is C15H10BrClF2N2. The van der Waals surface area contributed by atoms with Gasteiger partial charge in [0.1, 0.15) is 17.5 Å². The second-order valence-corrected chi connectivity index (χ2v) is 5.81. The smallest absolute Gasteiger partial charge is 0.139 e. The van der Waals surface area contributed by atoms with E-state index in [1.54, 1.807) is 29.7 Å². The van der Waals surface area contributed by atoms with Crippen LogP contribution in [0, 0.1) is 18.6 Å². The Balaban J connectivity index is 2.34. The Morgan fingerprint density at radius 1 is 1.19 bits per heavy atom. The fraction of sp³-hybridized carbons (Fsp3) is 0.133. The van der Waals surface area contributed by atoms with Crippen molar-refractivity contribution in [2.45, 2.75) is 12.8 Å². The minimum Gasteiger partial charge on any atom is -0.295 e. The van der Waals surface area contributed by atoms with E-state index in [1.165, 1.54) is 12.1 Å².